The van der Waals surface area contributed by atoms with Crippen molar-refractivity contribution in [3.63, 3.8) is 0 Å². The molecule has 100 valence electrons. The van der Waals surface area contributed by atoms with Gasteiger partial charge in [-0.15, -0.1) is 0 Å². The summed E-state index contributed by atoms with van der Waals surface area (Å²) < 4.78 is 0. The van der Waals surface area contributed by atoms with E-state index in [0.717, 1.165) is 24.7 Å². The standard InChI is InChI=1S/C16H21N3/c17-9-13-3-1-2-4-16(13)12-5-7-15(8-6-12)19-10-14(18)11-19/h1-4,12,14-15H,5-8,10-11,18H2. The molecule has 1 saturated carbocycles. The first-order valence-electron chi connectivity index (χ1n) is 7.26. The van der Waals surface area contributed by atoms with Gasteiger partial charge in [0.25, 0.3) is 0 Å². The highest BCUT2D eigenvalue weighted by atomic mass is 15.2. The number of rotatable bonds is 2. The fourth-order valence-corrected chi connectivity index (χ4v) is 3.55. The van der Waals surface area contributed by atoms with Crippen molar-refractivity contribution in [3.05, 3.63) is 35.4 Å². The van der Waals surface area contributed by atoms with Gasteiger partial charge in [0, 0.05) is 25.2 Å². The Morgan fingerprint density at radius 1 is 1.11 bits per heavy atom. The van der Waals surface area contributed by atoms with Crippen LogP contribution in [0.2, 0.25) is 0 Å². The molecule has 1 aromatic rings. The molecule has 0 aromatic heterocycles. The lowest BCUT2D eigenvalue weighted by atomic mass is 9.79. The topological polar surface area (TPSA) is 53.0 Å². The number of nitriles is 1. The van der Waals surface area contributed by atoms with Gasteiger partial charge in [-0.1, -0.05) is 18.2 Å². The normalized spacial score (nSPS) is 28.6. The van der Waals surface area contributed by atoms with E-state index < -0.39 is 0 Å². The van der Waals surface area contributed by atoms with Gasteiger partial charge in [0.1, 0.15) is 0 Å². The van der Waals surface area contributed by atoms with E-state index in [-0.39, 0.29) is 0 Å². The monoisotopic (exact) mass is 255 g/mol. The number of hydrogen-bond acceptors (Lipinski definition) is 3. The molecule has 3 rings (SSSR count). The Bertz CT molecular complexity index is 477. The SMILES string of the molecule is N#Cc1ccccc1C1CCC(N2CC(N)C2)CC1. The zero-order chi connectivity index (χ0) is 13.2. The van der Waals surface area contributed by atoms with Gasteiger partial charge in [-0.3, -0.25) is 4.90 Å². The van der Waals surface area contributed by atoms with Crippen LogP contribution in [0.25, 0.3) is 0 Å². The first-order chi connectivity index (χ1) is 9.28. The zero-order valence-corrected chi connectivity index (χ0v) is 11.3. The van der Waals surface area contributed by atoms with Crippen molar-refractivity contribution in [2.75, 3.05) is 13.1 Å². The summed E-state index contributed by atoms with van der Waals surface area (Å²) in [5.41, 5.74) is 7.97. The number of hydrogen-bond donors (Lipinski definition) is 1. The lowest BCUT2D eigenvalue weighted by molar-refractivity contribution is 0.0679. The van der Waals surface area contributed by atoms with E-state index in [1.54, 1.807) is 0 Å². The molecular formula is C16H21N3. The van der Waals surface area contributed by atoms with Crippen molar-refractivity contribution in [1.29, 1.82) is 5.26 Å². The highest BCUT2D eigenvalue weighted by molar-refractivity contribution is 5.39. The van der Waals surface area contributed by atoms with Crippen molar-refractivity contribution in [2.24, 2.45) is 5.73 Å². The molecule has 1 saturated heterocycles. The van der Waals surface area contributed by atoms with Crippen LogP contribution in [0.3, 0.4) is 0 Å². The molecule has 0 unspecified atom stereocenters. The van der Waals surface area contributed by atoms with Gasteiger partial charge in [-0.05, 0) is 43.2 Å². The summed E-state index contributed by atoms with van der Waals surface area (Å²) in [5.74, 6) is 0.571. The summed E-state index contributed by atoms with van der Waals surface area (Å²) in [6.07, 6.45) is 4.90. The Balaban J connectivity index is 1.62. The fraction of sp³-hybridized carbons (Fsp3) is 0.562. The van der Waals surface area contributed by atoms with Gasteiger partial charge in [0.15, 0.2) is 0 Å². The molecule has 2 N–H and O–H groups in total. The summed E-state index contributed by atoms with van der Waals surface area (Å²) in [6, 6.07) is 11.5. The molecule has 19 heavy (non-hydrogen) atoms. The van der Waals surface area contributed by atoms with E-state index in [1.807, 2.05) is 12.1 Å². The Morgan fingerprint density at radius 2 is 1.79 bits per heavy atom. The lowest BCUT2D eigenvalue weighted by Crippen LogP contribution is -2.59. The van der Waals surface area contributed by atoms with Gasteiger partial charge in [-0.25, -0.2) is 0 Å². The second-order valence-corrected chi connectivity index (χ2v) is 5.92. The fourth-order valence-electron chi connectivity index (χ4n) is 3.55. The maximum Gasteiger partial charge on any atom is 0.0994 e. The van der Waals surface area contributed by atoms with E-state index in [0.29, 0.717) is 12.0 Å². The third kappa shape index (κ3) is 2.51. The van der Waals surface area contributed by atoms with Crippen LogP contribution < -0.4 is 5.73 Å². The molecule has 0 spiro atoms. The molecule has 0 amide bonds. The van der Waals surface area contributed by atoms with Crippen molar-refractivity contribution in [3.8, 4) is 6.07 Å². The van der Waals surface area contributed by atoms with Gasteiger partial charge in [-0.2, -0.15) is 5.26 Å². The second-order valence-electron chi connectivity index (χ2n) is 5.92. The molecule has 1 aromatic carbocycles. The van der Waals surface area contributed by atoms with Crippen LogP contribution >= 0.6 is 0 Å². The number of benzene rings is 1. The maximum absolute atomic E-state index is 9.19. The van der Waals surface area contributed by atoms with Gasteiger partial charge < -0.3 is 5.73 Å². The van der Waals surface area contributed by atoms with E-state index in [9.17, 15) is 5.26 Å². The van der Waals surface area contributed by atoms with Crippen molar-refractivity contribution in [1.82, 2.24) is 4.90 Å². The van der Waals surface area contributed by atoms with Crippen LogP contribution in [0, 0.1) is 11.3 Å². The van der Waals surface area contributed by atoms with E-state index in [1.165, 1.54) is 31.2 Å². The van der Waals surface area contributed by atoms with E-state index in [2.05, 4.69) is 23.1 Å². The predicted molar refractivity (Wildman–Crippen MR) is 75.7 cm³/mol. The summed E-state index contributed by atoms with van der Waals surface area (Å²) in [7, 11) is 0. The number of nitrogens with two attached hydrogens (primary N) is 1. The van der Waals surface area contributed by atoms with Gasteiger partial charge in [0.2, 0.25) is 0 Å². The van der Waals surface area contributed by atoms with Crippen LogP contribution in [0.5, 0.6) is 0 Å². The van der Waals surface area contributed by atoms with Crippen LogP contribution in [0.1, 0.15) is 42.7 Å². The van der Waals surface area contributed by atoms with Crippen LogP contribution in [-0.2, 0) is 0 Å². The molecule has 1 aliphatic heterocycles. The second kappa shape index (κ2) is 5.32. The third-order valence-corrected chi connectivity index (χ3v) is 4.67. The molecule has 2 aliphatic rings. The smallest absolute Gasteiger partial charge is 0.0994 e. The Kier molecular flexibility index (Phi) is 3.54. The Hall–Kier alpha value is -1.37. The van der Waals surface area contributed by atoms with Crippen LogP contribution in [-0.4, -0.2) is 30.1 Å². The number of likely N-dealkylation sites (tertiary alicyclic amines) is 1. The third-order valence-electron chi connectivity index (χ3n) is 4.67. The molecule has 3 nitrogen and oxygen atoms in total. The minimum atomic E-state index is 0.400. The summed E-state index contributed by atoms with van der Waals surface area (Å²) in [4.78, 5) is 2.52. The number of nitrogens with zero attached hydrogens (tertiary/aromatic N) is 2. The molecule has 1 heterocycles. The van der Waals surface area contributed by atoms with Crippen LogP contribution in [0.4, 0.5) is 0 Å². The molecule has 2 fully saturated rings. The molecule has 0 radical (unpaired) electrons. The van der Waals surface area contributed by atoms with Crippen molar-refractivity contribution < 1.29 is 0 Å². The molecule has 0 atom stereocenters. The Morgan fingerprint density at radius 3 is 2.42 bits per heavy atom. The average molecular weight is 255 g/mol. The molecule has 1 aliphatic carbocycles. The van der Waals surface area contributed by atoms with Crippen molar-refractivity contribution >= 4 is 0 Å². The Labute approximate surface area is 115 Å². The van der Waals surface area contributed by atoms with Gasteiger partial charge >= 0.3 is 0 Å². The summed E-state index contributed by atoms with van der Waals surface area (Å²) in [5, 5.41) is 9.19. The highest BCUT2D eigenvalue weighted by Gasteiger charge is 2.33. The molecule has 3 heteroatoms. The lowest BCUT2D eigenvalue weighted by Gasteiger charge is -2.45. The minimum absolute atomic E-state index is 0.400. The van der Waals surface area contributed by atoms with Crippen LogP contribution in [0.15, 0.2) is 24.3 Å². The quantitative estimate of drug-likeness (QED) is 0.881. The summed E-state index contributed by atoms with van der Waals surface area (Å²) in [6.45, 7) is 2.15. The maximum atomic E-state index is 9.19. The first kappa shape index (κ1) is 12.7. The predicted octanol–water partition coefficient (Wildman–Crippen LogP) is 2.23. The van der Waals surface area contributed by atoms with Crippen molar-refractivity contribution in [2.45, 2.75) is 43.7 Å². The largest absolute Gasteiger partial charge is 0.325 e. The van der Waals surface area contributed by atoms with Gasteiger partial charge in [0.05, 0.1) is 11.6 Å². The first-order valence-corrected chi connectivity index (χ1v) is 7.26. The zero-order valence-electron chi connectivity index (χ0n) is 11.3. The van der Waals surface area contributed by atoms with E-state index >= 15 is 0 Å². The minimum Gasteiger partial charge on any atom is -0.325 e. The highest BCUT2D eigenvalue weighted by Crippen LogP contribution is 2.36. The van der Waals surface area contributed by atoms with E-state index in [4.69, 9.17) is 5.73 Å². The molecular weight excluding hydrogens is 234 g/mol. The molecule has 0 bridgehead atoms. The average Bonchev–Trinajstić information content (AvgIpc) is 2.44. The summed E-state index contributed by atoms with van der Waals surface area (Å²) >= 11 is 0.